The molecule has 148 valence electrons. The largest absolute Gasteiger partial charge is 0.357 e. The van der Waals surface area contributed by atoms with E-state index in [0.29, 0.717) is 6.54 Å². The summed E-state index contributed by atoms with van der Waals surface area (Å²) in [7, 11) is -2.04. The van der Waals surface area contributed by atoms with Crippen molar-refractivity contribution < 1.29 is 8.42 Å². The first-order valence-electron chi connectivity index (χ1n) is 8.96. The number of guanidine groups is 1. The van der Waals surface area contributed by atoms with E-state index in [-0.39, 0.29) is 10.9 Å². The summed E-state index contributed by atoms with van der Waals surface area (Å²) in [6, 6.07) is 11.4. The van der Waals surface area contributed by atoms with Crippen molar-refractivity contribution >= 4 is 27.3 Å². The van der Waals surface area contributed by atoms with Crippen LogP contribution in [0.15, 0.2) is 46.3 Å². The van der Waals surface area contributed by atoms with Crippen molar-refractivity contribution in [3.63, 3.8) is 0 Å². The number of sulfonamides is 1. The van der Waals surface area contributed by atoms with Crippen molar-refractivity contribution in [3.05, 3.63) is 51.7 Å². The molecule has 2 rings (SSSR count). The predicted octanol–water partition coefficient (Wildman–Crippen LogP) is 2.65. The second kappa shape index (κ2) is 9.87. The zero-order valence-electron chi connectivity index (χ0n) is 16.2. The van der Waals surface area contributed by atoms with Crippen molar-refractivity contribution in [1.82, 2.24) is 15.4 Å². The lowest BCUT2D eigenvalue weighted by Crippen LogP contribution is -2.43. The molecule has 0 aliphatic heterocycles. The minimum absolute atomic E-state index is 0.233. The lowest BCUT2D eigenvalue weighted by Gasteiger charge is -2.17. The molecule has 0 fully saturated rings. The Labute approximate surface area is 166 Å². The lowest BCUT2D eigenvalue weighted by atomic mass is 10.2. The van der Waals surface area contributed by atoms with Crippen molar-refractivity contribution in [1.29, 1.82) is 0 Å². The molecule has 0 saturated heterocycles. The number of nitrogens with zero attached hydrogens (tertiary/aromatic N) is 1. The van der Waals surface area contributed by atoms with Crippen LogP contribution >= 0.6 is 11.3 Å². The highest BCUT2D eigenvalue weighted by atomic mass is 32.2. The molecular weight excluding hydrogens is 380 g/mol. The molecule has 1 aromatic heterocycles. The molecule has 2 aromatic rings. The van der Waals surface area contributed by atoms with Crippen LogP contribution < -0.4 is 15.4 Å². The molecule has 1 unspecified atom stereocenters. The molecule has 27 heavy (non-hydrogen) atoms. The summed E-state index contributed by atoms with van der Waals surface area (Å²) in [6.07, 6.45) is 0.929. The summed E-state index contributed by atoms with van der Waals surface area (Å²) < 4.78 is 26.2. The number of hydrogen-bond acceptors (Lipinski definition) is 4. The molecule has 0 bridgehead atoms. The Morgan fingerprint density at radius 1 is 1.26 bits per heavy atom. The van der Waals surface area contributed by atoms with Gasteiger partial charge in [0.1, 0.15) is 0 Å². The summed E-state index contributed by atoms with van der Waals surface area (Å²) >= 11 is 1.81. The number of hydrogen-bond donors (Lipinski definition) is 3. The maximum atomic E-state index is 11.9. The van der Waals surface area contributed by atoms with E-state index in [1.54, 1.807) is 18.2 Å². The highest BCUT2D eigenvalue weighted by molar-refractivity contribution is 7.89. The first-order valence-corrected chi connectivity index (χ1v) is 11.3. The second-order valence-electron chi connectivity index (χ2n) is 6.31. The summed E-state index contributed by atoms with van der Waals surface area (Å²) in [6.45, 7) is 7.41. The van der Waals surface area contributed by atoms with Crippen LogP contribution in [-0.4, -0.2) is 34.0 Å². The van der Waals surface area contributed by atoms with E-state index < -0.39 is 10.0 Å². The molecule has 1 aromatic carbocycles. The molecular formula is C19H28N4O2S2. The SMILES string of the molecule is CCNC(=NCc1cccc(S(=O)(=O)NC)c1)NC(C)Cc1ccc(C)s1. The third-order valence-electron chi connectivity index (χ3n) is 3.93. The average molecular weight is 409 g/mol. The molecule has 1 atom stereocenters. The first-order chi connectivity index (χ1) is 12.8. The van der Waals surface area contributed by atoms with Gasteiger partial charge in [-0.25, -0.2) is 18.1 Å². The molecule has 3 N–H and O–H groups in total. The Balaban J connectivity index is 2.05. The minimum Gasteiger partial charge on any atom is -0.357 e. The van der Waals surface area contributed by atoms with Crippen LogP contribution in [0.25, 0.3) is 0 Å². The van der Waals surface area contributed by atoms with Crippen molar-refractivity contribution in [3.8, 4) is 0 Å². The number of thiophene rings is 1. The van der Waals surface area contributed by atoms with Gasteiger partial charge in [0, 0.05) is 28.8 Å². The predicted molar refractivity (Wildman–Crippen MR) is 113 cm³/mol. The smallest absolute Gasteiger partial charge is 0.240 e. The maximum absolute atomic E-state index is 11.9. The zero-order valence-corrected chi connectivity index (χ0v) is 17.9. The van der Waals surface area contributed by atoms with E-state index in [2.05, 4.69) is 46.3 Å². The third kappa shape index (κ3) is 6.64. The Hall–Kier alpha value is -1.90. The van der Waals surface area contributed by atoms with E-state index in [0.717, 1.165) is 24.5 Å². The van der Waals surface area contributed by atoms with Gasteiger partial charge in [-0.1, -0.05) is 12.1 Å². The first kappa shape index (κ1) is 21.4. The van der Waals surface area contributed by atoms with Gasteiger partial charge in [0.25, 0.3) is 0 Å². The topological polar surface area (TPSA) is 82.6 Å². The van der Waals surface area contributed by atoms with Crippen LogP contribution in [-0.2, 0) is 23.0 Å². The van der Waals surface area contributed by atoms with Gasteiger partial charge in [-0.2, -0.15) is 0 Å². The van der Waals surface area contributed by atoms with Gasteiger partial charge in [0.05, 0.1) is 11.4 Å². The van der Waals surface area contributed by atoms with Gasteiger partial charge in [-0.15, -0.1) is 11.3 Å². The molecule has 0 aliphatic rings. The highest BCUT2D eigenvalue weighted by Gasteiger charge is 2.12. The van der Waals surface area contributed by atoms with E-state index in [1.807, 2.05) is 24.3 Å². The number of aryl methyl sites for hydroxylation is 1. The van der Waals surface area contributed by atoms with Crippen molar-refractivity contribution in [2.45, 2.75) is 44.7 Å². The number of benzene rings is 1. The normalized spacial score (nSPS) is 13.4. The zero-order chi connectivity index (χ0) is 19.9. The standard InChI is InChI=1S/C19H28N4O2S2/c1-5-21-19(23-14(2)11-17-10-9-15(3)26-17)22-13-16-7-6-8-18(12-16)27(24,25)20-4/h6-10,12,14,20H,5,11,13H2,1-4H3,(H2,21,22,23). The van der Waals surface area contributed by atoms with Crippen LogP contribution in [0, 0.1) is 6.92 Å². The van der Waals surface area contributed by atoms with Crippen LogP contribution in [0.3, 0.4) is 0 Å². The number of nitrogens with one attached hydrogen (secondary N) is 3. The third-order valence-corrected chi connectivity index (χ3v) is 6.36. The fraction of sp³-hybridized carbons (Fsp3) is 0.421. The van der Waals surface area contributed by atoms with Gasteiger partial charge in [0.15, 0.2) is 5.96 Å². The highest BCUT2D eigenvalue weighted by Crippen LogP contribution is 2.16. The van der Waals surface area contributed by atoms with Crippen LogP contribution in [0.4, 0.5) is 0 Å². The maximum Gasteiger partial charge on any atom is 0.240 e. The molecule has 0 spiro atoms. The van der Waals surface area contributed by atoms with Gasteiger partial charge in [-0.3, -0.25) is 0 Å². The summed E-state index contributed by atoms with van der Waals surface area (Å²) in [5.41, 5.74) is 0.838. The van der Waals surface area contributed by atoms with Crippen molar-refractivity contribution in [2.75, 3.05) is 13.6 Å². The number of aliphatic imine (C=N–C) groups is 1. The van der Waals surface area contributed by atoms with Gasteiger partial charge < -0.3 is 10.6 Å². The van der Waals surface area contributed by atoms with E-state index in [1.165, 1.54) is 16.8 Å². The summed E-state index contributed by atoms with van der Waals surface area (Å²) in [4.78, 5) is 7.50. The minimum atomic E-state index is -3.45. The van der Waals surface area contributed by atoms with Gasteiger partial charge >= 0.3 is 0 Å². The monoisotopic (exact) mass is 408 g/mol. The molecule has 8 heteroatoms. The van der Waals surface area contributed by atoms with Crippen LogP contribution in [0.2, 0.25) is 0 Å². The molecule has 0 saturated carbocycles. The lowest BCUT2D eigenvalue weighted by molar-refractivity contribution is 0.588. The van der Waals surface area contributed by atoms with Gasteiger partial charge in [0.2, 0.25) is 10.0 Å². The molecule has 0 radical (unpaired) electrons. The molecule has 1 heterocycles. The van der Waals surface area contributed by atoms with Crippen molar-refractivity contribution in [2.24, 2.45) is 4.99 Å². The van der Waals surface area contributed by atoms with Crippen LogP contribution in [0.5, 0.6) is 0 Å². The Morgan fingerprint density at radius 3 is 2.67 bits per heavy atom. The quantitative estimate of drug-likeness (QED) is 0.463. The molecule has 0 aliphatic carbocycles. The molecule has 0 amide bonds. The number of rotatable bonds is 8. The Kier molecular flexibility index (Phi) is 7.82. The fourth-order valence-corrected chi connectivity index (χ4v) is 4.42. The van der Waals surface area contributed by atoms with E-state index in [9.17, 15) is 8.42 Å². The Morgan fingerprint density at radius 2 is 2.04 bits per heavy atom. The van der Waals surface area contributed by atoms with Gasteiger partial charge in [-0.05, 0) is 57.6 Å². The second-order valence-corrected chi connectivity index (χ2v) is 9.57. The summed E-state index contributed by atoms with van der Waals surface area (Å²) in [5.74, 6) is 0.722. The fourth-order valence-electron chi connectivity index (χ4n) is 2.60. The molecule has 6 nitrogen and oxygen atoms in total. The van der Waals surface area contributed by atoms with Crippen LogP contribution in [0.1, 0.15) is 29.2 Å². The van der Waals surface area contributed by atoms with E-state index in [4.69, 9.17) is 0 Å². The summed E-state index contributed by atoms with van der Waals surface area (Å²) in [5, 5.41) is 6.66. The van der Waals surface area contributed by atoms with E-state index >= 15 is 0 Å². The average Bonchev–Trinajstić information content (AvgIpc) is 3.04. The Bertz CT molecular complexity index is 875.